The largest absolute Gasteiger partial charge is 0.0842 e. The van der Waals surface area contributed by atoms with Crippen LogP contribution in [0.1, 0.15) is 152 Å². The van der Waals surface area contributed by atoms with Crippen molar-refractivity contribution in [2.45, 2.75) is 141 Å². The van der Waals surface area contributed by atoms with Crippen LogP contribution in [0.2, 0.25) is 0 Å². The summed E-state index contributed by atoms with van der Waals surface area (Å²) in [5.74, 6) is 2.16. The van der Waals surface area contributed by atoms with E-state index in [0.29, 0.717) is 23.7 Å². The van der Waals surface area contributed by atoms with Gasteiger partial charge >= 0.3 is 0 Å². The summed E-state index contributed by atoms with van der Waals surface area (Å²) in [6, 6.07) is 18.1. The maximum atomic E-state index is 2.51. The second-order valence-electron chi connectivity index (χ2n) is 16.0. The minimum atomic E-state index is 0.453. The van der Waals surface area contributed by atoms with Crippen LogP contribution >= 0.6 is 0 Å². The lowest BCUT2D eigenvalue weighted by atomic mass is 9.74. The van der Waals surface area contributed by atoms with Crippen LogP contribution in [0.25, 0.3) is 22.8 Å². The van der Waals surface area contributed by atoms with Crippen LogP contribution in [0.5, 0.6) is 0 Å². The maximum absolute atomic E-state index is 2.51. The van der Waals surface area contributed by atoms with Crippen molar-refractivity contribution in [2.24, 2.45) is 23.7 Å². The Morgan fingerprint density at radius 3 is 2.07 bits per heavy atom. The topological polar surface area (TPSA) is 0 Å². The predicted molar refractivity (Wildman–Crippen MR) is 269 cm³/mol. The zero-order valence-electron chi connectivity index (χ0n) is 39.5. The first kappa shape index (κ1) is 50.7. The molecule has 0 heteroatoms. The van der Waals surface area contributed by atoms with Crippen LogP contribution in [0.15, 0.2) is 168 Å². The molecule has 0 heterocycles. The lowest BCUT2D eigenvalue weighted by molar-refractivity contribution is 0.408. The summed E-state index contributed by atoms with van der Waals surface area (Å²) in [6.45, 7) is 25.7. The third-order valence-electron chi connectivity index (χ3n) is 10.6. The van der Waals surface area contributed by atoms with E-state index in [1.807, 2.05) is 27.7 Å². The van der Waals surface area contributed by atoms with Gasteiger partial charge in [0.05, 0.1) is 0 Å². The molecule has 3 atom stereocenters. The molecule has 6 rings (SSSR count). The molecular weight excluding hydrogens is 709 g/mol. The Morgan fingerprint density at radius 1 is 0.729 bits per heavy atom. The molecule has 0 bridgehead atoms. The second kappa shape index (κ2) is 29.7. The van der Waals surface area contributed by atoms with E-state index >= 15 is 0 Å². The Morgan fingerprint density at radius 2 is 1.41 bits per heavy atom. The van der Waals surface area contributed by atoms with E-state index in [-0.39, 0.29) is 0 Å². The van der Waals surface area contributed by atoms with Crippen molar-refractivity contribution in [1.29, 1.82) is 0 Å². The lowest BCUT2D eigenvalue weighted by Crippen LogP contribution is -2.18. The predicted octanol–water partition coefficient (Wildman–Crippen LogP) is 18.8. The molecule has 0 radical (unpaired) electrons. The van der Waals surface area contributed by atoms with Crippen molar-refractivity contribution in [3.63, 3.8) is 0 Å². The Hall–Kier alpha value is -4.42. The van der Waals surface area contributed by atoms with E-state index in [2.05, 4.69) is 201 Å². The van der Waals surface area contributed by atoms with Crippen LogP contribution in [0, 0.1) is 23.7 Å². The maximum Gasteiger partial charge on any atom is 0.00272 e. The number of hydrogen-bond donors (Lipinski definition) is 0. The van der Waals surface area contributed by atoms with Crippen LogP contribution < -0.4 is 0 Å². The zero-order valence-corrected chi connectivity index (χ0v) is 39.5. The number of allylic oxidation sites excluding steroid dienone is 21. The van der Waals surface area contributed by atoms with E-state index in [0.717, 1.165) is 6.42 Å². The van der Waals surface area contributed by atoms with Gasteiger partial charge in [-0.3, -0.25) is 0 Å². The quantitative estimate of drug-likeness (QED) is 0.177. The fourth-order valence-electron chi connectivity index (χ4n) is 8.01. The summed E-state index contributed by atoms with van der Waals surface area (Å²) in [5.41, 5.74) is 13.9. The standard InChI is InChI=1S/C49H54.2C3H8.2C2H6/c1-36(2)33-37(3)47-29-15-24-41(47)23-12-11-17-39-18-13-26-44(34-39)45-27-14-28-46(35-45)49-30-16-25-43(49)31-32-48(42-21-9-6-10-22-42)38(4)40-19-7-5-8-20-40;2*1-3-2;2*1-2/h5,7,9,11-19,21-28,30,33-36,38,43,48H,6,8,10,20,29,31-32H2,1-4H3;2*3H2,1-2H3;2*1-2H3/b17-11+,23-12+,37-33+;;;;/t38?,43?,48-;;;;/m0..../s1. The fraction of sp³-hybridized carbons (Fsp3) is 0.424. The van der Waals surface area contributed by atoms with Gasteiger partial charge in [0.2, 0.25) is 0 Å². The molecule has 0 N–H and O–H groups in total. The third-order valence-corrected chi connectivity index (χ3v) is 10.6. The van der Waals surface area contributed by atoms with Crippen molar-refractivity contribution < 1.29 is 0 Å². The summed E-state index contributed by atoms with van der Waals surface area (Å²) < 4.78 is 0. The van der Waals surface area contributed by atoms with Gasteiger partial charge in [0.25, 0.3) is 0 Å². The van der Waals surface area contributed by atoms with Crippen LogP contribution in [0.3, 0.4) is 0 Å². The van der Waals surface area contributed by atoms with Crippen molar-refractivity contribution in [3.8, 4) is 11.1 Å². The highest BCUT2D eigenvalue weighted by Gasteiger charge is 2.26. The van der Waals surface area contributed by atoms with Gasteiger partial charge < -0.3 is 0 Å². The first-order valence-electron chi connectivity index (χ1n) is 23.5. The van der Waals surface area contributed by atoms with Crippen LogP contribution in [-0.2, 0) is 0 Å². The van der Waals surface area contributed by atoms with Gasteiger partial charge in [-0.25, -0.2) is 0 Å². The van der Waals surface area contributed by atoms with Gasteiger partial charge in [0.1, 0.15) is 0 Å². The normalized spacial score (nSPS) is 17.9. The third kappa shape index (κ3) is 17.0. The molecule has 0 saturated carbocycles. The Kier molecular flexibility index (Phi) is 25.6. The molecule has 0 saturated heterocycles. The van der Waals surface area contributed by atoms with Gasteiger partial charge in [-0.2, -0.15) is 0 Å². The Balaban J connectivity index is 0.00000110. The van der Waals surface area contributed by atoms with Gasteiger partial charge in [0, 0.05) is 5.92 Å². The molecule has 0 aliphatic heterocycles. The smallest absolute Gasteiger partial charge is 0.00272 e. The van der Waals surface area contributed by atoms with Crippen molar-refractivity contribution in [3.05, 3.63) is 179 Å². The Bertz CT molecular complexity index is 1860. The highest BCUT2D eigenvalue weighted by Crippen LogP contribution is 2.40. The van der Waals surface area contributed by atoms with Gasteiger partial charge in [0.15, 0.2) is 0 Å². The first-order chi connectivity index (χ1) is 28.8. The number of hydrogen-bond acceptors (Lipinski definition) is 0. The number of rotatable bonds is 13. The Labute approximate surface area is 364 Å². The van der Waals surface area contributed by atoms with E-state index in [1.165, 1.54) is 95.9 Å². The molecule has 0 nitrogen and oxygen atoms in total. The van der Waals surface area contributed by atoms with E-state index in [9.17, 15) is 0 Å². The lowest BCUT2D eigenvalue weighted by Gasteiger charge is -2.30. The van der Waals surface area contributed by atoms with Crippen molar-refractivity contribution >= 4 is 11.6 Å². The van der Waals surface area contributed by atoms with E-state index in [1.54, 1.807) is 11.1 Å². The molecular formula is C59H82. The highest BCUT2D eigenvalue weighted by molar-refractivity contribution is 5.77. The van der Waals surface area contributed by atoms with Gasteiger partial charge in [-0.1, -0.05) is 234 Å². The molecule has 59 heavy (non-hydrogen) atoms. The van der Waals surface area contributed by atoms with Crippen LogP contribution in [-0.4, -0.2) is 0 Å². The highest BCUT2D eigenvalue weighted by atomic mass is 14.3. The summed E-state index contributed by atoms with van der Waals surface area (Å²) >= 11 is 0. The molecule has 0 aromatic heterocycles. The molecule has 2 unspecified atom stereocenters. The first-order valence-corrected chi connectivity index (χ1v) is 23.5. The average Bonchev–Trinajstić information content (AvgIpc) is 3.95. The summed E-state index contributed by atoms with van der Waals surface area (Å²) in [7, 11) is 0. The molecule has 4 aliphatic rings. The van der Waals surface area contributed by atoms with E-state index in [4.69, 9.17) is 0 Å². The zero-order chi connectivity index (χ0) is 43.4. The van der Waals surface area contributed by atoms with Crippen molar-refractivity contribution in [2.75, 3.05) is 0 Å². The molecule has 2 aromatic rings. The molecule has 0 amide bonds. The monoisotopic (exact) mass is 791 g/mol. The van der Waals surface area contributed by atoms with Crippen LogP contribution in [0.4, 0.5) is 0 Å². The SMILES string of the molecule is C/C(=C\C(C)C)C1=C(/C=C/C=C/c2cccc(-c3cccc(C4=CC=CC4CC[C@H](C4=CCCC=C4)C(C)C4=CC=CCC4)c3)c2)C=CC1.CC.CC.CCC.CCC. The molecule has 4 aliphatic carbocycles. The summed E-state index contributed by atoms with van der Waals surface area (Å²) in [5, 5.41) is 0. The minimum Gasteiger partial charge on any atom is -0.0842 e. The minimum absolute atomic E-state index is 0.453. The average molecular weight is 791 g/mol. The fourth-order valence-corrected chi connectivity index (χ4v) is 8.01. The molecule has 0 spiro atoms. The number of benzene rings is 2. The molecule has 318 valence electrons. The van der Waals surface area contributed by atoms with Gasteiger partial charge in [-0.05, 0) is 126 Å². The van der Waals surface area contributed by atoms with Crippen molar-refractivity contribution in [1.82, 2.24) is 0 Å². The van der Waals surface area contributed by atoms with E-state index < -0.39 is 0 Å². The summed E-state index contributed by atoms with van der Waals surface area (Å²) in [4.78, 5) is 0. The second-order valence-corrected chi connectivity index (χ2v) is 16.0. The summed E-state index contributed by atoms with van der Waals surface area (Å²) in [6.07, 6.45) is 47.7. The molecule has 2 aromatic carbocycles. The van der Waals surface area contributed by atoms with Gasteiger partial charge in [-0.15, -0.1) is 0 Å². The molecule has 0 fully saturated rings.